The first-order valence-electron chi connectivity index (χ1n) is 9.31. The van der Waals surface area contributed by atoms with E-state index < -0.39 is 0 Å². The SMILES string of the molecule is Fc1cccc(Nc2nc3cc4ccccc4cc3nc2Sc2ccccc2Cl)c1. The molecule has 5 rings (SSSR count). The Kier molecular flexibility index (Phi) is 4.99. The summed E-state index contributed by atoms with van der Waals surface area (Å²) in [6, 6.07) is 26.0. The molecule has 5 aromatic rings. The van der Waals surface area contributed by atoms with Gasteiger partial charge in [0.25, 0.3) is 0 Å². The fourth-order valence-electron chi connectivity index (χ4n) is 3.21. The summed E-state index contributed by atoms with van der Waals surface area (Å²) in [7, 11) is 0. The van der Waals surface area contributed by atoms with Crippen LogP contribution in [0.25, 0.3) is 21.8 Å². The maximum absolute atomic E-state index is 13.7. The van der Waals surface area contributed by atoms with Gasteiger partial charge in [-0.1, -0.05) is 65.8 Å². The van der Waals surface area contributed by atoms with E-state index in [1.54, 1.807) is 12.1 Å². The molecule has 0 fully saturated rings. The van der Waals surface area contributed by atoms with Gasteiger partial charge in [0, 0.05) is 10.6 Å². The topological polar surface area (TPSA) is 37.8 Å². The minimum Gasteiger partial charge on any atom is -0.338 e. The van der Waals surface area contributed by atoms with Gasteiger partial charge in [-0.05, 0) is 53.2 Å². The lowest BCUT2D eigenvalue weighted by molar-refractivity contribution is 0.628. The van der Waals surface area contributed by atoms with Crippen LogP contribution in [0.15, 0.2) is 94.9 Å². The van der Waals surface area contributed by atoms with Crippen molar-refractivity contribution in [2.45, 2.75) is 9.92 Å². The first-order valence-corrected chi connectivity index (χ1v) is 10.5. The highest BCUT2D eigenvalue weighted by Crippen LogP contribution is 2.37. The number of halogens is 2. The van der Waals surface area contributed by atoms with Crippen LogP contribution in [0.4, 0.5) is 15.9 Å². The predicted octanol–water partition coefficient (Wildman–Crippen LogP) is 7.47. The second-order valence-corrected chi connectivity index (χ2v) is 8.17. The number of rotatable bonds is 4. The van der Waals surface area contributed by atoms with Gasteiger partial charge in [0.05, 0.1) is 16.1 Å². The Morgan fingerprint density at radius 3 is 2.20 bits per heavy atom. The lowest BCUT2D eigenvalue weighted by Crippen LogP contribution is -2.00. The van der Waals surface area contributed by atoms with Gasteiger partial charge in [-0.15, -0.1) is 0 Å². The molecule has 146 valence electrons. The maximum atomic E-state index is 13.7. The molecule has 0 saturated carbocycles. The van der Waals surface area contributed by atoms with Gasteiger partial charge in [-0.25, -0.2) is 14.4 Å². The number of nitrogens with zero attached hydrogens (tertiary/aromatic N) is 2. The van der Waals surface area contributed by atoms with E-state index in [9.17, 15) is 4.39 Å². The fourth-order valence-corrected chi connectivity index (χ4v) is 4.32. The van der Waals surface area contributed by atoms with Crippen LogP contribution in [0, 0.1) is 5.82 Å². The third-order valence-corrected chi connectivity index (χ3v) is 6.13. The summed E-state index contributed by atoms with van der Waals surface area (Å²) in [5.74, 6) is 0.230. The van der Waals surface area contributed by atoms with E-state index in [0.717, 1.165) is 26.7 Å². The smallest absolute Gasteiger partial charge is 0.164 e. The standard InChI is InChI=1S/C24H15ClFN3S/c25-19-10-3-4-11-22(19)30-24-23(27-18-9-5-8-17(26)14-18)28-20-12-15-6-1-2-7-16(15)13-21(20)29-24/h1-14H,(H,27,28). The minimum absolute atomic E-state index is 0.319. The van der Waals surface area contributed by atoms with Crippen LogP contribution < -0.4 is 5.32 Å². The number of hydrogen-bond acceptors (Lipinski definition) is 4. The van der Waals surface area contributed by atoms with Gasteiger partial charge in [-0.2, -0.15) is 0 Å². The molecule has 0 unspecified atom stereocenters. The van der Waals surface area contributed by atoms with Gasteiger partial charge in [0.15, 0.2) is 5.82 Å². The molecule has 0 radical (unpaired) electrons. The van der Waals surface area contributed by atoms with Crippen LogP contribution in [0.3, 0.4) is 0 Å². The quantitative estimate of drug-likeness (QED) is 0.299. The molecule has 3 nitrogen and oxygen atoms in total. The lowest BCUT2D eigenvalue weighted by Gasteiger charge is -2.13. The Labute approximate surface area is 181 Å². The summed E-state index contributed by atoms with van der Waals surface area (Å²) >= 11 is 7.79. The van der Waals surface area contributed by atoms with Crippen LogP contribution in [-0.4, -0.2) is 9.97 Å². The molecular weight excluding hydrogens is 417 g/mol. The average Bonchev–Trinajstić information content (AvgIpc) is 2.74. The highest BCUT2D eigenvalue weighted by Gasteiger charge is 2.14. The fraction of sp³-hybridized carbons (Fsp3) is 0. The van der Waals surface area contributed by atoms with E-state index in [-0.39, 0.29) is 5.82 Å². The summed E-state index contributed by atoms with van der Waals surface area (Å²) in [5.41, 5.74) is 2.15. The Bertz CT molecular complexity index is 1390. The summed E-state index contributed by atoms with van der Waals surface area (Å²) in [5, 5.41) is 6.70. The van der Waals surface area contributed by atoms with Crippen LogP contribution in [0.5, 0.6) is 0 Å². The Morgan fingerprint density at radius 2 is 1.47 bits per heavy atom. The predicted molar refractivity (Wildman–Crippen MR) is 122 cm³/mol. The monoisotopic (exact) mass is 431 g/mol. The number of anilines is 2. The van der Waals surface area contributed by atoms with E-state index in [2.05, 4.69) is 11.4 Å². The highest BCUT2D eigenvalue weighted by molar-refractivity contribution is 7.99. The largest absolute Gasteiger partial charge is 0.338 e. The molecule has 4 aromatic carbocycles. The van der Waals surface area contributed by atoms with E-state index >= 15 is 0 Å². The van der Waals surface area contributed by atoms with Crippen molar-refractivity contribution < 1.29 is 4.39 Å². The molecule has 0 saturated heterocycles. The van der Waals surface area contributed by atoms with Crippen molar-refractivity contribution in [2.24, 2.45) is 0 Å². The first kappa shape index (κ1) is 18.9. The van der Waals surface area contributed by atoms with Crippen molar-refractivity contribution in [3.8, 4) is 0 Å². The average molecular weight is 432 g/mol. The summed E-state index contributed by atoms with van der Waals surface area (Å²) in [4.78, 5) is 10.6. The minimum atomic E-state index is -0.319. The number of benzene rings is 4. The molecule has 1 heterocycles. The van der Waals surface area contributed by atoms with Gasteiger partial charge in [0.2, 0.25) is 0 Å². The third-order valence-electron chi connectivity index (χ3n) is 4.63. The van der Waals surface area contributed by atoms with Crippen molar-refractivity contribution in [2.75, 3.05) is 5.32 Å². The Morgan fingerprint density at radius 1 is 0.767 bits per heavy atom. The summed E-state index contributed by atoms with van der Waals surface area (Å²) in [6.45, 7) is 0. The van der Waals surface area contributed by atoms with Crippen LogP contribution >= 0.6 is 23.4 Å². The molecule has 1 aromatic heterocycles. The molecule has 0 bridgehead atoms. The second kappa shape index (κ2) is 7.94. The lowest BCUT2D eigenvalue weighted by atomic mass is 10.1. The second-order valence-electron chi connectivity index (χ2n) is 6.73. The molecule has 0 aliphatic rings. The van der Waals surface area contributed by atoms with E-state index in [1.165, 1.54) is 23.9 Å². The molecule has 1 N–H and O–H groups in total. The van der Waals surface area contributed by atoms with Crippen LogP contribution in [0.2, 0.25) is 5.02 Å². The van der Waals surface area contributed by atoms with Crippen LogP contribution in [0.1, 0.15) is 0 Å². The first-order chi connectivity index (χ1) is 14.7. The Balaban J connectivity index is 1.67. The number of fused-ring (bicyclic) bond motifs is 2. The van der Waals surface area contributed by atoms with Crippen molar-refractivity contribution in [1.29, 1.82) is 0 Å². The molecule has 0 aliphatic carbocycles. The molecule has 0 spiro atoms. The third kappa shape index (κ3) is 3.82. The number of nitrogens with one attached hydrogen (secondary N) is 1. The van der Waals surface area contributed by atoms with Crippen molar-refractivity contribution in [1.82, 2.24) is 9.97 Å². The summed E-state index contributed by atoms with van der Waals surface area (Å²) in [6.07, 6.45) is 0. The highest BCUT2D eigenvalue weighted by atomic mass is 35.5. The van der Waals surface area contributed by atoms with Crippen molar-refractivity contribution >= 4 is 56.7 Å². The maximum Gasteiger partial charge on any atom is 0.164 e. The van der Waals surface area contributed by atoms with Crippen LogP contribution in [-0.2, 0) is 0 Å². The zero-order valence-electron chi connectivity index (χ0n) is 15.6. The zero-order valence-corrected chi connectivity index (χ0v) is 17.2. The molecule has 0 aliphatic heterocycles. The van der Waals surface area contributed by atoms with Crippen molar-refractivity contribution in [3.05, 3.63) is 95.8 Å². The van der Waals surface area contributed by atoms with Crippen molar-refractivity contribution in [3.63, 3.8) is 0 Å². The number of hydrogen-bond donors (Lipinski definition) is 1. The van der Waals surface area contributed by atoms with Gasteiger partial charge >= 0.3 is 0 Å². The normalized spacial score (nSPS) is 11.1. The molecule has 0 amide bonds. The molecular formula is C24H15ClFN3S. The van der Waals surface area contributed by atoms with E-state index in [1.807, 2.05) is 54.6 Å². The van der Waals surface area contributed by atoms with E-state index in [4.69, 9.17) is 21.6 Å². The zero-order chi connectivity index (χ0) is 20.5. The van der Waals surface area contributed by atoms with Gasteiger partial charge in [-0.3, -0.25) is 0 Å². The summed E-state index contributed by atoms with van der Waals surface area (Å²) < 4.78 is 13.7. The van der Waals surface area contributed by atoms with Gasteiger partial charge < -0.3 is 5.32 Å². The van der Waals surface area contributed by atoms with E-state index in [0.29, 0.717) is 21.6 Å². The van der Waals surface area contributed by atoms with Gasteiger partial charge in [0.1, 0.15) is 10.8 Å². The molecule has 30 heavy (non-hydrogen) atoms. The number of aromatic nitrogens is 2. The Hall–Kier alpha value is -3.15. The molecule has 6 heteroatoms. The molecule has 0 atom stereocenters.